The quantitative estimate of drug-likeness (QED) is 0.348. The molecule has 0 spiro atoms. The molecular weight excluding hydrogens is 188 g/mol. The van der Waals surface area contributed by atoms with Gasteiger partial charge >= 0.3 is 5.97 Å². The third-order valence-electron chi connectivity index (χ3n) is 2.23. The lowest BCUT2D eigenvalue weighted by Gasteiger charge is -2.05. The number of allylic oxidation sites excluding steroid dienone is 2. The standard InChI is InChI=1S/C13H24O2/c1-4-6-7-8-9-10-12(3)11-13(14)15-5-2/h9-10,12H,4-8,11H2,1-3H3. The van der Waals surface area contributed by atoms with Gasteiger partial charge in [0.1, 0.15) is 0 Å². The van der Waals surface area contributed by atoms with Gasteiger partial charge in [-0.15, -0.1) is 0 Å². The van der Waals surface area contributed by atoms with Gasteiger partial charge in [-0.3, -0.25) is 4.79 Å². The normalized spacial score (nSPS) is 13.0. The number of rotatable bonds is 8. The Hall–Kier alpha value is -0.790. The van der Waals surface area contributed by atoms with Crippen molar-refractivity contribution >= 4 is 5.97 Å². The Morgan fingerprint density at radius 3 is 2.67 bits per heavy atom. The zero-order valence-electron chi connectivity index (χ0n) is 10.3. The minimum Gasteiger partial charge on any atom is -0.466 e. The lowest BCUT2D eigenvalue weighted by Crippen LogP contribution is -2.07. The molecule has 0 fully saturated rings. The molecule has 0 aliphatic rings. The Morgan fingerprint density at radius 1 is 1.33 bits per heavy atom. The van der Waals surface area contributed by atoms with E-state index in [1.165, 1.54) is 19.3 Å². The van der Waals surface area contributed by atoms with E-state index in [-0.39, 0.29) is 5.97 Å². The van der Waals surface area contributed by atoms with Crippen LogP contribution in [0.3, 0.4) is 0 Å². The van der Waals surface area contributed by atoms with Gasteiger partial charge in [-0.1, -0.05) is 38.8 Å². The fraction of sp³-hybridized carbons (Fsp3) is 0.769. The van der Waals surface area contributed by atoms with Crippen LogP contribution in [-0.4, -0.2) is 12.6 Å². The number of ether oxygens (including phenoxy) is 1. The van der Waals surface area contributed by atoms with Crippen molar-refractivity contribution in [1.29, 1.82) is 0 Å². The molecule has 2 nitrogen and oxygen atoms in total. The summed E-state index contributed by atoms with van der Waals surface area (Å²) in [6, 6.07) is 0. The highest BCUT2D eigenvalue weighted by Gasteiger charge is 2.05. The molecule has 1 atom stereocenters. The monoisotopic (exact) mass is 212 g/mol. The minimum atomic E-state index is -0.0943. The molecule has 0 radical (unpaired) electrons. The number of unbranched alkanes of at least 4 members (excludes halogenated alkanes) is 3. The van der Waals surface area contributed by atoms with E-state index in [0.717, 1.165) is 6.42 Å². The van der Waals surface area contributed by atoms with E-state index in [0.29, 0.717) is 18.9 Å². The van der Waals surface area contributed by atoms with Crippen LogP contribution < -0.4 is 0 Å². The molecular formula is C13H24O2. The molecule has 0 heterocycles. The first kappa shape index (κ1) is 14.2. The molecule has 0 aliphatic carbocycles. The SMILES string of the molecule is CCCCCC=CC(C)CC(=O)OCC. The van der Waals surface area contributed by atoms with Crippen molar-refractivity contribution in [1.82, 2.24) is 0 Å². The summed E-state index contributed by atoms with van der Waals surface area (Å²) in [5, 5.41) is 0. The third-order valence-corrected chi connectivity index (χ3v) is 2.23. The van der Waals surface area contributed by atoms with Gasteiger partial charge in [-0.2, -0.15) is 0 Å². The van der Waals surface area contributed by atoms with E-state index >= 15 is 0 Å². The molecule has 0 bridgehead atoms. The molecule has 0 saturated heterocycles. The first-order chi connectivity index (χ1) is 7.20. The van der Waals surface area contributed by atoms with Crippen LogP contribution in [0.5, 0.6) is 0 Å². The van der Waals surface area contributed by atoms with E-state index in [9.17, 15) is 4.79 Å². The molecule has 0 aromatic heterocycles. The van der Waals surface area contributed by atoms with Crippen LogP contribution in [0.2, 0.25) is 0 Å². The van der Waals surface area contributed by atoms with Crippen molar-refractivity contribution in [3.05, 3.63) is 12.2 Å². The molecule has 15 heavy (non-hydrogen) atoms. The predicted molar refractivity (Wildman–Crippen MR) is 63.7 cm³/mol. The molecule has 0 N–H and O–H groups in total. The van der Waals surface area contributed by atoms with Crippen LogP contribution in [0.25, 0.3) is 0 Å². The second-order valence-corrected chi connectivity index (χ2v) is 3.91. The Labute approximate surface area is 93.7 Å². The highest BCUT2D eigenvalue weighted by molar-refractivity contribution is 5.69. The first-order valence-corrected chi connectivity index (χ1v) is 6.03. The summed E-state index contributed by atoms with van der Waals surface area (Å²) in [7, 11) is 0. The van der Waals surface area contributed by atoms with Crippen molar-refractivity contribution in [2.45, 2.75) is 52.9 Å². The summed E-state index contributed by atoms with van der Waals surface area (Å²) in [6.07, 6.45) is 9.72. The van der Waals surface area contributed by atoms with Crippen molar-refractivity contribution < 1.29 is 9.53 Å². The number of esters is 1. The van der Waals surface area contributed by atoms with E-state index in [1.807, 2.05) is 13.8 Å². The zero-order chi connectivity index (χ0) is 11.5. The van der Waals surface area contributed by atoms with E-state index in [2.05, 4.69) is 19.1 Å². The fourth-order valence-corrected chi connectivity index (χ4v) is 1.39. The highest BCUT2D eigenvalue weighted by Crippen LogP contribution is 2.07. The average molecular weight is 212 g/mol. The van der Waals surface area contributed by atoms with Crippen LogP contribution in [-0.2, 0) is 9.53 Å². The van der Waals surface area contributed by atoms with Crippen LogP contribution in [0, 0.1) is 5.92 Å². The smallest absolute Gasteiger partial charge is 0.306 e. The van der Waals surface area contributed by atoms with Gasteiger partial charge in [0, 0.05) is 0 Å². The largest absolute Gasteiger partial charge is 0.466 e. The van der Waals surface area contributed by atoms with Gasteiger partial charge < -0.3 is 4.74 Å². The molecule has 0 aliphatic heterocycles. The molecule has 0 saturated carbocycles. The van der Waals surface area contributed by atoms with Crippen LogP contribution in [0.1, 0.15) is 52.9 Å². The van der Waals surface area contributed by atoms with Gasteiger partial charge in [-0.05, 0) is 25.7 Å². The maximum Gasteiger partial charge on any atom is 0.306 e. The fourth-order valence-electron chi connectivity index (χ4n) is 1.39. The number of hydrogen-bond donors (Lipinski definition) is 0. The lowest BCUT2D eigenvalue weighted by molar-refractivity contribution is -0.143. The second-order valence-electron chi connectivity index (χ2n) is 3.91. The van der Waals surface area contributed by atoms with Gasteiger partial charge in [-0.25, -0.2) is 0 Å². The Bertz CT molecular complexity index is 185. The van der Waals surface area contributed by atoms with Crippen LogP contribution in [0.4, 0.5) is 0 Å². The highest BCUT2D eigenvalue weighted by atomic mass is 16.5. The molecule has 0 rings (SSSR count). The summed E-state index contributed by atoms with van der Waals surface area (Å²) >= 11 is 0. The Morgan fingerprint density at radius 2 is 2.07 bits per heavy atom. The lowest BCUT2D eigenvalue weighted by atomic mass is 10.1. The van der Waals surface area contributed by atoms with E-state index in [4.69, 9.17) is 4.74 Å². The topological polar surface area (TPSA) is 26.3 Å². The molecule has 2 heteroatoms. The van der Waals surface area contributed by atoms with Crippen molar-refractivity contribution in [3.8, 4) is 0 Å². The molecule has 0 amide bonds. The maximum absolute atomic E-state index is 11.1. The summed E-state index contributed by atoms with van der Waals surface area (Å²) in [5.74, 6) is 0.203. The van der Waals surface area contributed by atoms with Crippen molar-refractivity contribution in [2.75, 3.05) is 6.61 Å². The average Bonchev–Trinajstić information content (AvgIpc) is 2.17. The zero-order valence-corrected chi connectivity index (χ0v) is 10.3. The third kappa shape index (κ3) is 9.51. The summed E-state index contributed by atoms with van der Waals surface area (Å²) in [4.78, 5) is 11.1. The summed E-state index contributed by atoms with van der Waals surface area (Å²) < 4.78 is 4.88. The Kier molecular flexibility index (Phi) is 9.24. The molecule has 0 aromatic carbocycles. The van der Waals surface area contributed by atoms with Crippen LogP contribution in [0.15, 0.2) is 12.2 Å². The molecule has 0 aromatic rings. The van der Waals surface area contributed by atoms with E-state index < -0.39 is 0 Å². The van der Waals surface area contributed by atoms with Gasteiger partial charge in [0.25, 0.3) is 0 Å². The maximum atomic E-state index is 11.1. The van der Waals surface area contributed by atoms with Crippen molar-refractivity contribution in [2.24, 2.45) is 5.92 Å². The van der Waals surface area contributed by atoms with Crippen molar-refractivity contribution in [3.63, 3.8) is 0 Å². The van der Waals surface area contributed by atoms with E-state index in [1.54, 1.807) is 0 Å². The van der Waals surface area contributed by atoms with Gasteiger partial charge in [0.2, 0.25) is 0 Å². The first-order valence-electron chi connectivity index (χ1n) is 6.03. The number of carbonyl (C=O) groups excluding carboxylic acids is 1. The summed E-state index contributed by atoms with van der Waals surface area (Å²) in [5.41, 5.74) is 0. The van der Waals surface area contributed by atoms with Crippen LogP contribution >= 0.6 is 0 Å². The molecule has 88 valence electrons. The second kappa shape index (κ2) is 9.75. The molecule has 1 unspecified atom stereocenters. The van der Waals surface area contributed by atoms with Gasteiger partial charge in [0.05, 0.1) is 13.0 Å². The minimum absolute atomic E-state index is 0.0943. The summed E-state index contributed by atoms with van der Waals surface area (Å²) in [6.45, 7) is 6.56. The number of hydrogen-bond acceptors (Lipinski definition) is 2. The Balaban J connectivity index is 3.54. The predicted octanol–water partition coefficient (Wildman–Crippen LogP) is 3.71. The van der Waals surface area contributed by atoms with Gasteiger partial charge in [0.15, 0.2) is 0 Å². The number of carbonyl (C=O) groups is 1.